The number of para-hydroxylation sites is 2. The number of hydrogen-bond donors (Lipinski definition) is 0. The van der Waals surface area contributed by atoms with E-state index in [1.54, 1.807) is 19.1 Å². The summed E-state index contributed by atoms with van der Waals surface area (Å²) in [4.78, 5) is 19.3. The second-order valence-electron chi connectivity index (χ2n) is 7.59. The lowest BCUT2D eigenvalue weighted by atomic mass is 9.77. The van der Waals surface area contributed by atoms with Crippen molar-refractivity contribution in [1.29, 1.82) is 5.26 Å². The van der Waals surface area contributed by atoms with Gasteiger partial charge in [-0.1, -0.05) is 30.8 Å². The van der Waals surface area contributed by atoms with Gasteiger partial charge in [-0.25, -0.2) is 4.98 Å². The third-order valence-corrected chi connectivity index (χ3v) is 6.75. The number of ether oxygens (including phenoxy) is 1. The summed E-state index contributed by atoms with van der Waals surface area (Å²) in [5.41, 5.74) is 1.29. The first kappa shape index (κ1) is 20.7. The van der Waals surface area contributed by atoms with Crippen molar-refractivity contribution < 1.29 is 9.53 Å². The number of hydrogen-bond acceptors (Lipinski definition) is 5. The van der Waals surface area contributed by atoms with Crippen LogP contribution < -0.4 is 0 Å². The van der Waals surface area contributed by atoms with Gasteiger partial charge >= 0.3 is 0 Å². The first-order valence-corrected chi connectivity index (χ1v) is 10.7. The van der Waals surface area contributed by atoms with Crippen LogP contribution >= 0.6 is 11.8 Å². The average molecular weight is 401 g/mol. The van der Waals surface area contributed by atoms with Crippen LogP contribution in [0.15, 0.2) is 29.4 Å². The SMILES string of the molecule is COCCn1c(SCC(=O)N(C)C2(C#N)CCC(C)CC2)nc2ccccc21. The molecule has 0 aliphatic heterocycles. The first-order valence-electron chi connectivity index (χ1n) is 9.75. The van der Waals surface area contributed by atoms with Crippen molar-refractivity contribution in [1.82, 2.24) is 14.5 Å². The number of amides is 1. The van der Waals surface area contributed by atoms with Gasteiger partial charge in [0.25, 0.3) is 0 Å². The van der Waals surface area contributed by atoms with Crippen LogP contribution in [0.3, 0.4) is 0 Å². The Labute approximate surface area is 170 Å². The number of nitrogens with zero attached hydrogens (tertiary/aromatic N) is 4. The van der Waals surface area contributed by atoms with Gasteiger partial charge in [0.15, 0.2) is 5.16 Å². The zero-order chi connectivity index (χ0) is 20.1. The van der Waals surface area contributed by atoms with E-state index in [2.05, 4.69) is 17.6 Å². The molecule has 1 aliphatic carbocycles. The molecule has 0 bridgehead atoms. The van der Waals surface area contributed by atoms with Crippen LogP contribution in [0.1, 0.15) is 32.6 Å². The minimum Gasteiger partial charge on any atom is -0.383 e. The highest BCUT2D eigenvalue weighted by Crippen LogP contribution is 2.36. The van der Waals surface area contributed by atoms with Gasteiger partial charge in [-0.2, -0.15) is 5.26 Å². The van der Waals surface area contributed by atoms with Crippen LogP contribution in [0, 0.1) is 17.2 Å². The minimum atomic E-state index is -0.666. The summed E-state index contributed by atoms with van der Waals surface area (Å²) in [5, 5.41) is 10.6. The van der Waals surface area contributed by atoms with Crippen LogP contribution in [-0.4, -0.2) is 52.4 Å². The fourth-order valence-electron chi connectivity index (χ4n) is 3.79. The molecule has 1 aromatic carbocycles. The van der Waals surface area contributed by atoms with E-state index in [1.165, 1.54) is 11.8 Å². The van der Waals surface area contributed by atoms with E-state index in [4.69, 9.17) is 9.72 Å². The molecular weight excluding hydrogens is 372 g/mol. The Morgan fingerprint density at radius 3 is 2.82 bits per heavy atom. The molecule has 28 heavy (non-hydrogen) atoms. The van der Waals surface area contributed by atoms with Crippen molar-refractivity contribution in [2.24, 2.45) is 5.92 Å². The maximum Gasteiger partial charge on any atom is 0.234 e. The van der Waals surface area contributed by atoms with Crippen molar-refractivity contribution in [3.63, 3.8) is 0 Å². The monoisotopic (exact) mass is 400 g/mol. The summed E-state index contributed by atoms with van der Waals surface area (Å²) in [5.74, 6) is 0.873. The lowest BCUT2D eigenvalue weighted by Crippen LogP contribution is -2.51. The Balaban J connectivity index is 1.73. The number of methoxy groups -OCH3 is 1. The lowest BCUT2D eigenvalue weighted by molar-refractivity contribution is -0.132. The van der Waals surface area contributed by atoms with Gasteiger partial charge in [0, 0.05) is 20.7 Å². The van der Waals surface area contributed by atoms with Crippen molar-refractivity contribution in [3.05, 3.63) is 24.3 Å². The zero-order valence-corrected chi connectivity index (χ0v) is 17.7. The first-order chi connectivity index (χ1) is 13.5. The number of fused-ring (bicyclic) bond motifs is 1. The standard InChI is InChI=1S/C21H28N4O2S/c1-16-8-10-21(15-22,11-9-16)24(2)19(26)14-28-20-23-17-6-4-5-7-18(17)25(20)12-13-27-3/h4-7,16H,8-14H2,1-3H3. The molecule has 6 nitrogen and oxygen atoms in total. The van der Waals surface area contributed by atoms with Gasteiger partial charge < -0.3 is 14.2 Å². The number of rotatable bonds is 7. The molecular formula is C21H28N4O2S. The molecule has 1 aliphatic rings. The second kappa shape index (κ2) is 8.97. The minimum absolute atomic E-state index is 0.0218. The normalized spacial score (nSPS) is 22.1. The smallest absolute Gasteiger partial charge is 0.234 e. The summed E-state index contributed by atoms with van der Waals surface area (Å²) in [6.45, 7) is 3.48. The van der Waals surface area contributed by atoms with Crippen LogP contribution in [0.4, 0.5) is 0 Å². The number of thioether (sulfide) groups is 1. The van der Waals surface area contributed by atoms with Crippen molar-refractivity contribution in [2.45, 2.75) is 49.8 Å². The van der Waals surface area contributed by atoms with E-state index in [1.807, 2.05) is 24.3 Å². The van der Waals surface area contributed by atoms with E-state index in [9.17, 15) is 10.1 Å². The van der Waals surface area contributed by atoms with E-state index in [0.29, 0.717) is 19.1 Å². The number of benzene rings is 1. The Morgan fingerprint density at radius 1 is 1.43 bits per heavy atom. The highest BCUT2D eigenvalue weighted by molar-refractivity contribution is 7.99. The molecule has 1 saturated carbocycles. The van der Waals surface area contributed by atoms with Gasteiger partial charge in [-0.3, -0.25) is 4.79 Å². The maximum atomic E-state index is 12.9. The Bertz CT molecular complexity index is 865. The number of carbonyl (C=O) groups excluding carboxylic acids is 1. The number of nitriles is 1. The lowest BCUT2D eigenvalue weighted by Gasteiger charge is -2.40. The Morgan fingerprint density at radius 2 is 2.14 bits per heavy atom. The van der Waals surface area contributed by atoms with E-state index >= 15 is 0 Å². The molecule has 7 heteroatoms. The van der Waals surface area contributed by atoms with E-state index in [0.717, 1.165) is 41.9 Å². The fraction of sp³-hybridized carbons (Fsp3) is 0.571. The molecule has 0 unspecified atom stereocenters. The molecule has 0 spiro atoms. The maximum absolute atomic E-state index is 12.9. The van der Waals surface area contributed by atoms with Crippen LogP contribution in [0.2, 0.25) is 0 Å². The molecule has 150 valence electrons. The summed E-state index contributed by atoms with van der Waals surface area (Å²) >= 11 is 1.43. The highest BCUT2D eigenvalue weighted by atomic mass is 32.2. The molecule has 2 aromatic rings. The molecule has 1 heterocycles. The van der Waals surface area contributed by atoms with Gasteiger partial charge in [0.05, 0.1) is 29.5 Å². The summed E-state index contributed by atoms with van der Waals surface area (Å²) < 4.78 is 7.33. The molecule has 0 atom stereocenters. The summed E-state index contributed by atoms with van der Waals surface area (Å²) in [6.07, 6.45) is 3.49. The topological polar surface area (TPSA) is 71.2 Å². The number of carbonyl (C=O) groups is 1. The van der Waals surface area contributed by atoms with Gasteiger partial charge in [-0.15, -0.1) is 0 Å². The zero-order valence-electron chi connectivity index (χ0n) is 16.9. The van der Waals surface area contributed by atoms with E-state index in [-0.39, 0.29) is 11.7 Å². The third-order valence-electron chi connectivity index (χ3n) is 5.79. The fourth-order valence-corrected chi connectivity index (χ4v) is 4.74. The van der Waals surface area contributed by atoms with Gasteiger partial charge in [-0.05, 0) is 43.7 Å². The second-order valence-corrected chi connectivity index (χ2v) is 8.54. The van der Waals surface area contributed by atoms with E-state index < -0.39 is 5.54 Å². The Hall–Kier alpha value is -2.04. The van der Waals surface area contributed by atoms with Crippen LogP contribution in [0.25, 0.3) is 11.0 Å². The molecule has 1 aromatic heterocycles. The highest BCUT2D eigenvalue weighted by Gasteiger charge is 2.40. The number of imidazole rings is 1. The van der Waals surface area contributed by atoms with Crippen LogP contribution in [-0.2, 0) is 16.1 Å². The number of aromatic nitrogens is 2. The van der Waals surface area contributed by atoms with Crippen molar-refractivity contribution >= 4 is 28.7 Å². The molecule has 0 radical (unpaired) electrons. The van der Waals surface area contributed by atoms with Crippen molar-refractivity contribution in [2.75, 3.05) is 26.5 Å². The molecule has 1 amide bonds. The van der Waals surface area contributed by atoms with Crippen molar-refractivity contribution in [3.8, 4) is 6.07 Å². The Kier molecular flexibility index (Phi) is 6.63. The molecule has 1 fully saturated rings. The third kappa shape index (κ3) is 4.18. The van der Waals surface area contributed by atoms with Gasteiger partial charge in [0.1, 0.15) is 5.54 Å². The quantitative estimate of drug-likeness (QED) is 0.663. The summed E-state index contributed by atoms with van der Waals surface area (Å²) in [7, 11) is 3.45. The molecule has 0 N–H and O–H groups in total. The molecule has 0 saturated heterocycles. The largest absolute Gasteiger partial charge is 0.383 e. The van der Waals surface area contributed by atoms with Crippen LogP contribution in [0.5, 0.6) is 0 Å². The van der Waals surface area contributed by atoms with Gasteiger partial charge in [0.2, 0.25) is 5.91 Å². The predicted molar refractivity (Wildman–Crippen MR) is 111 cm³/mol. The summed E-state index contributed by atoms with van der Waals surface area (Å²) in [6, 6.07) is 10.4. The predicted octanol–water partition coefficient (Wildman–Crippen LogP) is 3.71. The molecule has 3 rings (SSSR count). The average Bonchev–Trinajstić information content (AvgIpc) is 3.08.